The van der Waals surface area contributed by atoms with Crippen LogP contribution in [0.3, 0.4) is 0 Å². The molecule has 0 N–H and O–H groups in total. The first-order valence-electron chi connectivity index (χ1n) is 5.05. The summed E-state index contributed by atoms with van der Waals surface area (Å²) in [6.07, 6.45) is 0.116. The number of carbonyl (C=O) groups is 1. The second-order valence-electron chi connectivity index (χ2n) is 3.20. The molecule has 1 aromatic carbocycles. The maximum Gasteiger partial charge on any atom is 0.310 e. The predicted molar refractivity (Wildman–Crippen MR) is 70.8 cm³/mol. The fourth-order valence-corrected chi connectivity index (χ4v) is 2.16. The average Bonchev–Trinajstić information content (AvgIpc) is 2.32. The summed E-state index contributed by atoms with van der Waals surface area (Å²) in [5, 5.41) is 8.93. The highest BCUT2D eigenvalue weighted by atomic mass is 127. The lowest BCUT2D eigenvalue weighted by Gasteiger charge is -2.11. The fourth-order valence-electron chi connectivity index (χ4n) is 1.40. The zero-order chi connectivity index (χ0) is 12.8. The van der Waals surface area contributed by atoms with E-state index in [0.29, 0.717) is 23.5 Å². The molecule has 4 nitrogen and oxygen atoms in total. The van der Waals surface area contributed by atoms with Crippen LogP contribution in [-0.2, 0) is 16.0 Å². The van der Waals surface area contributed by atoms with Gasteiger partial charge >= 0.3 is 5.97 Å². The van der Waals surface area contributed by atoms with Crippen LogP contribution in [0.4, 0.5) is 0 Å². The SMILES string of the molecule is CCOC(=O)Cc1c(OC)ccc(C#N)c1I. The third-order valence-electron chi connectivity index (χ3n) is 2.17. The molecule has 1 rings (SSSR count). The molecular formula is C12H12INO3. The van der Waals surface area contributed by atoms with Crippen molar-refractivity contribution in [2.45, 2.75) is 13.3 Å². The van der Waals surface area contributed by atoms with Crippen molar-refractivity contribution < 1.29 is 14.3 Å². The zero-order valence-electron chi connectivity index (χ0n) is 9.62. The van der Waals surface area contributed by atoms with Crippen molar-refractivity contribution in [3.05, 3.63) is 26.8 Å². The van der Waals surface area contributed by atoms with Gasteiger partial charge in [0.25, 0.3) is 0 Å². The number of methoxy groups -OCH3 is 1. The monoisotopic (exact) mass is 345 g/mol. The number of ether oxygens (including phenoxy) is 2. The van der Waals surface area contributed by atoms with Crippen LogP contribution < -0.4 is 4.74 Å². The quantitative estimate of drug-likeness (QED) is 0.621. The Bertz CT molecular complexity index is 466. The molecule has 0 spiro atoms. The minimum Gasteiger partial charge on any atom is -0.496 e. The van der Waals surface area contributed by atoms with E-state index in [1.165, 1.54) is 7.11 Å². The zero-order valence-corrected chi connectivity index (χ0v) is 11.8. The molecule has 0 bridgehead atoms. The van der Waals surface area contributed by atoms with Crippen LogP contribution in [0.25, 0.3) is 0 Å². The van der Waals surface area contributed by atoms with Gasteiger partial charge < -0.3 is 9.47 Å². The van der Waals surface area contributed by atoms with E-state index in [-0.39, 0.29) is 12.4 Å². The van der Waals surface area contributed by atoms with Crippen LogP contribution in [0.5, 0.6) is 5.75 Å². The Morgan fingerprint density at radius 1 is 1.53 bits per heavy atom. The van der Waals surface area contributed by atoms with E-state index in [2.05, 4.69) is 6.07 Å². The largest absolute Gasteiger partial charge is 0.496 e. The lowest BCUT2D eigenvalue weighted by molar-refractivity contribution is -0.142. The van der Waals surface area contributed by atoms with Crippen LogP contribution in [0.2, 0.25) is 0 Å². The maximum atomic E-state index is 11.5. The van der Waals surface area contributed by atoms with E-state index >= 15 is 0 Å². The molecule has 0 radical (unpaired) electrons. The van der Waals surface area contributed by atoms with Gasteiger partial charge in [-0.25, -0.2) is 0 Å². The van der Waals surface area contributed by atoms with E-state index in [1.807, 2.05) is 22.6 Å². The molecule has 0 aliphatic carbocycles. The molecule has 0 heterocycles. The number of carbonyl (C=O) groups excluding carboxylic acids is 1. The third-order valence-corrected chi connectivity index (χ3v) is 3.40. The number of nitriles is 1. The normalized spacial score (nSPS) is 9.53. The van der Waals surface area contributed by atoms with Gasteiger partial charge in [0.05, 0.1) is 25.7 Å². The molecule has 0 saturated carbocycles. The van der Waals surface area contributed by atoms with Gasteiger partial charge in [0.2, 0.25) is 0 Å². The van der Waals surface area contributed by atoms with Crippen molar-refractivity contribution >= 4 is 28.6 Å². The van der Waals surface area contributed by atoms with E-state index < -0.39 is 0 Å². The van der Waals surface area contributed by atoms with Crippen LogP contribution in [-0.4, -0.2) is 19.7 Å². The fraction of sp³-hybridized carbons (Fsp3) is 0.333. The van der Waals surface area contributed by atoms with Gasteiger partial charge in [-0.3, -0.25) is 4.79 Å². The standard InChI is InChI=1S/C12H12INO3/c1-3-17-11(15)6-9-10(16-2)5-4-8(7-14)12(9)13/h4-5H,3,6H2,1-2H3. The Labute approximate surface area is 114 Å². The van der Waals surface area contributed by atoms with Gasteiger partial charge in [0, 0.05) is 9.13 Å². The first kappa shape index (κ1) is 13.8. The molecule has 0 aromatic heterocycles. The van der Waals surface area contributed by atoms with Crippen molar-refractivity contribution in [2.24, 2.45) is 0 Å². The van der Waals surface area contributed by atoms with E-state index in [0.717, 1.165) is 3.57 Å². The van der Waals surface area contributed by atoms with E-state index in [1.54, 1.807) is 19.1 Å². The van der Waals surface area contributed by atoms with Crippen LogP contribution in [0.15, 0.2) is 12.1 Å². The number of nitrogens with zero attached hydrogens (tertiary/aromatic N) is 1. The summed E-state index contributed by atoms with van der Waals surface area (Å²) in [7, 11) is 1.53. The second kappa shape index (κ2) is 6.45. The van der Waals surface area contributed by atoms with Crippen LogP contribution in [0, 0.1) is 14.9 Å². The number of esters is 1. The smallest absolute Gasteiger partial charge is 0.310 e. The van der Waals surface area contributed by atoms with Gasteiger partial charge in [-0.1, -0.05) is 0 Å². The topological polar surface area (TPSA) is 59.3 Å². The molecule has 0 saturated heterocycles. The number of hydrogen-bond acceptors (Lipinski definition) is 4. The van der Waals surface area contributed by atoms with Gasteiger partial charge in [-0.15, -0.1) is 0 Å². The molecule has 1 aromatic rings. The second-order valence-corrected chi connectivity index (χ2v) is 4.28. The lowest BCUT2D eigenvalue weighted by Crippen LogP contribution is -2.10. The number of benzene rings is 1. The molecule has 0 atom stereocenters. The number of halogens is 1. The maximum absolute atomic E-state index is 11.5. The average molecular weight is 345 g/mol. The van der Waals surface area contributed by atoms with Crippen LogP contribution >= 0.6 is 22.6 Å². The molecule has 0 aliphatic rings. The highest BCUT2D eigenvalue weighted by molar-refractivity contribution is 14.1. The minimum absolute atomic E-state index is 0.116. The van der Waals surface area contributed by atoms with E-state index in [4.69, 9.17) is 14.7 Å². The molecule has 0 amide bonds. The Morgan fingerprint density at radius 3 is 2.76 bits per heavy atom. The summed E-state index contributed by atoms with van der Waals surface area (Å²) in [4.78, 5) is 11.5. The van der Waals surface area contributed by atoms with Gasteiger partial charge in [0.1, 0.15) is 11.8 Å². The Hall–Kier alpha value is -1.29. The van der Waals surface area contributed by atoms with Crippen LogP contribution in [0.1, 0.15) is 18.1 Å². The first-order valence-corrected chi connectivity index (χ1v) is 6.13. The minimum atomic E-state index is -0.321. The summed E-state index contributed by atoms with van der Waals surface area (Å²) < 4.78 is 10.8. The van der Waals surface area contributed by atoms with Crippen molar-refractivity contribution in [2.75, 3.05) is 13.7 Å². The number of hydrogen-bond donors (Lipinski definition) is 0. The Morgan fingerprint density at radius 2 is 2.24 bits per heavy atom. The summed E-state index contributed by atoms with van der Waals surface area (Å²) >= 11 is 2.04. The van der Waals surface area contributed by atoms with Crippen molar-refractivity contribution in [3.8, 4) is 11.8 Å². The molecule has 0 aliphatic heterocycles. The van der Waals surface area contributed by atoms with E-state index in [9.17, 15) is 4.79 Å². The predicted octanol–water partition coefficient (Wildman–Crippen LogP) is 2.28. The Kier molecular flexibility index (Phi) is 5.22. The summed E-state index contributed by atoms with van der Waals surface area (Å²) in [5.41, 5.74) is 1.23. The molecule has 0 fully saturated rings. The van der Waals surface area contributed by atoms with Crippen molar-refractivity contribution in [3.63, 3.8) is 0 Å². The van der Waals surface area contributed by atoms with Gasteiger partial charge in [-0.05, 0) is 41.6 Å². The molecule has 17 heavy (non-hydrogen) atoms. The number of rotatable bonds is 4. The molecule has 5 heteroatoms. The highest BCUT2D eigenvalue weighted by Gasteiger charge is 2.15. The van der Waals surface area contributed by atoms with Crippen molar-refractivity contribution in [1.29, 1.82) is 5.26 Å². The molecular weight excluding hydrogens is 333 g/mol. The van der Waals surface area contributed by atoms with Gasteiger partial charge in [0.15, 0.2) is 0 Å². The van der Waals surface area contributed by atoms with Gasteiger partial charge in [-0.2, -0.15) is 5.26 Å². The summed E-state index contributed by atoms with van der Waals surface area (Å²) in [6, 6.07) is 5.44. The highest BCUT2D eigenvalue weighted by Crippen LogP contribution is 2.27. The van der Waals surface area contributed by atoms with Crippen molar-refractivity contribution in [1.82, 2.24) is 0 Å². The molecule has 0 unspecified atom stereocenters. The summed E-state index contributed by atoms with van der Waals surface area (Å²) in [6.45, 7) is 2.10. The summed E-state index contributed by atoms with van der Waals surface area (Å²) in [5.74, 6) is 0.278. The lowest BCUT2D eigenvalue weighted by atomic mass is 10.1. The molecule has 90 valence electrons. The third kappa shape index (κ3) is 3.33. The Balaban J connectivity index is 3.11. The first-order chi connectivity index (χ1) is 8.13.